The summed E-state index contributed by atoms with van der Waals surface area (Å²) in [6.45, 7) is 2.04. The van der Waals surface area contributed by atoms with E-state index in [0.717, 1.165) is 12.8 Å². The number of ketones is 2. The highest BCUT2D eigenvalue weighted by atomic mass is 16.1. The smallest absolute Gasteiger partial charge is 0.182 e. The molecule has 0 saturated carbocycles. The lowest BCUT2D eigenvalue weighted by Crippen LogP contribution is -2.10. The molecule has 0 radical (unpaired) electrons. The van der Waals surface area contributed by atoms with Gasteiger partial charge in [0.15, 0.2) is 11.6 Å². The van der Waals surface area contributed by atoms with Gasteiger partial charge in [0.1, 0.15) is 0 Å². The molecule has 0 bridgehead atoms. The highest BCUT2D eigenvalue weighted by molar-refractivity contribution is 6.14. The molecule has 0 N–H and O–H groups in total. The van der Waals surface area contributed by atoms with Gasteiger partial charge in [-0.1, -0.05) is 19.4 Å². The predicted molar refractivity (Wildman–Crippen MR) is 46.8 cm³/mol. The number of hydrogen-bond acceptors (Lipinski definition) is 2. The molecule has 1 aliphatic carbocycles. The van der Waals surface area contributed by atoms with Gasteiger partial charge in [-0.3, -0.25) is 9.59 Å². The van der Waals surface area contributed by atoms with Crippen molar-refractivity contribution in [2.45, 2.75) is 26.2 Å². The minimum atomic E-state index is -0.0111. The number of hydrogen-bond donors (Lipinski definition) is 0. The Balaban J connectivity index is 2.72. The quantitative estimate of drug-likeness (QED) is 0.583. The van der Waals surface area contributed by atoms with Gasteiger partial charge in [0.25, 0.3) is 0 Å². The zero-order valence-electron chi connectivity index (χ0n) is 7.17. The van der Waals surface area contributed by atoms with Gasteiger partial charge in [-0.2, -0.15) is 0 Å². The van der Waals surface area contributed by atoms with E-state index in [0.29, 0.717) is 5.57 Å². The van der Waals surface area contributed by atoms with Gasteiger partial charge in [0, 0.05) is 12.0 Å². The zero-order chi connectivity index (χ0) is 8.97. The molecule has 0 aromatic heterocycles. The van der Waals surface area contributed by atoms with E-state index in [-0.39, 0.29) is 18.0 Å². The van der Waals surface area contributed by atoms with E-state index in [2.05, 4.69) is 0 Å². The van der Waals surface area contributed by atoms with E-state index in [1.165, 1.54) is 12.2 Å². The van der Waals surface area contributed by atoms with Crippen molar-refractivity contribution in [2.75, 3.05) is 0 Å². The molecular weight excluding hydrogens is 152 g/mol. The van der Waals surface area contributed by atoms with Crippen LogP contribution in [0.5, 0.6) is 0 Å². The summed E-state index contributed by atoms with van der Waals surface area (Å²) >= 11 is 0. The van der Waals surface area contributed by atoms with Crippen molar-refractivity contribution in [1.82, 2.24) is 0 Å². The molecule has 2 heteroatoms. The maximum absolute atomic E-state index is 11.1. The highest BCUT2D eigenvalue weighted by Gasteiger charge is 2.14. The molecule has 0 atom stereocenters. The molecule has 0 unspecified atom stereocenters. The normalized spacial score (nSPS) is 20.6. The zero-order valence-corrected chi connectivity index (χ0v) is 7.17. The summed E-state index contributed by atoms with van der Waals surface area (Å²) < 4.78 is 0. The van der Waals surface area contributed by atoms with Crippen LogP contribution in [0, 0.1) is 0 Å². The van der Waals surface area contributed by atoms with Crippen LogP contribution < -0.4 is 0 Å². The first kappa shape index (κ1) is 8.91. The molecule has 0 amide bonds. The molecule has 0 heterocycles. The van der Waals surface area contributed by atoms with Crippen molar-refractivity contribution >= 4 is 11.6 Å². The summed E-state index contributed by atoms with van der Waals surface area (Å²) in [6.07, 6.45) is 6.74. The molecule has 2 nitrogen and oxygen atoms in total. The van der Waals surface area contributed by atoms with E-state index in [1.807, 2.05) is 13.0 Å². The van der Waals surface area contributed by atoms with Crippen LogP contribution in [0.3, 0.4) is 0 Å². The third kappa shape index (κ3) is 2.16. The largest absolute Gasteiger partial charge is 0.294 e. The summed E-state index contributed by atoms with van der Waals surface area (Å²) in [6, 6.07) is 0. The Morgan fingerprint density at radius 2 is 2.17 bits per heavy atom. The van der Waals surface area contributed by atoms with Gasteiger partial charge in [-0.05, 0) is 18.6 Å². The first-order chi connectivity index (χ1) is 5.74. The molecule has 0 fully saturated rings. The average Bonchev–Trinajstić information content (AvgIpc) is 2.07. The lowest BCUT2D eigenvalue weighted by molar-refractivity contribution is -0.118. The molecule has 1 aliphatic rings. The SMILES string of the molecule is CCC/C=C1/CC(=O)C=CC1=O. The Bertz CT molecular complexity index is 259. The van der Waals surface area contributed by atoms with Crippen LogP contribution in [0.1, 0.15) is 26.2 Å². The first-order valence-corrected chi connectivity index (χ1v) is 4.18. The number of rotatable bonds is 2. The van der Waals surface area contributed by atoms with Crippen LogP contribution in [0.4, 0.5) is 0 Å². The van der Waals surface area contributed by atoms with Gasteiger partial charge in [-0.15, -0.1) is 0 Å². The van der Waals surface area contributed by atoms with Crippen molar-refractivity contribution in [3.63, 3.8) is 0 Å². The van der Waals surface area contributed by atoms with Crippen molar-refractivity contribution in [3.05, 3.63) is 23.8 Å². The van der Waals surface area contributed by atoms with Gasteiger partial charge < -0.3 is 0 Å². The monoisotopic (exact) mass is 164 g/mol. The molecule has 0 spiro atoms. The molecule has 1 rings (SSSR count). The number of allylic oxidation sites excluding steroid dienone is 4. The summed E-state index contributed by atoms with van der Waals surface area (Å²) in [5, 5.41) is 0. The summed E-state index contributed by atoms with van der Waals surface area (Å²) in [5.74, 6) is 0.0139. The second kappa shape index (κ2) is 4.00. The molecule has 0 aromatic carbocycles. The van der Waals surface area contributed by atoms with Gasteiger partial charge >= 0.3 is 0 Å². The summed E-state index contributed by atoms with van der Waals surface area (Å²) in [4.78, 5) is 22.0. The lowest BCUT2D eigenvalue weighted by Gasteiger charge is -2.05. The maximum Gasteiger partial charge on any atom is 0.182 e. The third-order valence-electron chi connectivity index (χ3n) is 1.78. The fourth-order valence-corrected chi connectivity index (χ4v) is 1.10. The Morgan fingerprint density at radius 3 is 2.83 bits per heavy atom. The Kier molecular flexibility index (Phi) is 2.97. The topological polar surface area (TPSA) is 34.1 Å². The standard InChI is InChI=1S/C10H12O2/c1-2-3-4-8-7-9(11)5-6-10(8)12/h4-6H,2-3,7H2,1H3/b8-4-. The second-order valence-corrected chi connectivity index (χ2v) is 2.86. The Morgan fingerprint density at radius 1 is 1.42 bits per heavy atom. The number of unbranched alkanes of at least 4 members (excludes halogenated alkanes) is 1. The maximum atomic E-state index is 11.1. The second-order valence-electron chi connectivity index (χ2n) is 2.86. The van der Waals surface area contributed by atoms with Crippen molar-refractivity contribution in [3.8, 4) is 0 Å². The van der Waals surface area contributed by atoms with E-state index >= 15 is 0 Å². The summed E-state index contributed by atoms with van der Waals surface area (Å²) in [7, 11) is 0. The number of carbonyl (C=O) groups is 2. The molecule has 64 valence electrons. The summed E-state index contributed by atoms with van der Waals surface area (Å²) in [5.41, 5.74) is 0.657. The lowest BCUT2D eigenvalue weighted by atomic mass is 9.97. The number of carbonyl (C=O) groups excluding carboxylic acids is 2. The fourth-order valence-electron chi connectivity index (χ4n) is 1.10. The Hall–Kier alpha value is -1.18. The highest BCUT2D eigenvalue weighted by Crippen LogP contribution is 2.12. The minimum Gasteiger partial charge on any atom is -0.294 e. The van der Waals surface area contributed by atoms with Crippen molar-refractivity contribution < 1.29 is 9.59 Å². The van der Waals surface area contributed by atoms with Crippen LogP contribution in [0.25, 0.3) is 0 Å². The van der Waals surface area contributed by atoms with Crippen LogP contribution in [-0.4, -0.2) is 11.6 Å². The van der Waals surface area contributed by atoms with Gasteiger partial charge in [-0.25, -0.2) is 0 Å². The third-order valence-corrected chi connectivity index (χ3v) is 1.78. The van der Waals surface area contributed by atoms with E-state index in [4.69, 9.17) is 0 Å². The first-order valence-electron chi connectivity index (χ1n) is 4.18. The van der Waals surface area contributed by atoms with Gasteiger partial charge in [0.2, 0.25) is 0 Å². The van der Waals surface area contributed by atoms with E-state index in [1.54, 1.807) is 0 Å². The predicted octanol–water partition coefficient (Wildman–Crippen LogP) is 1.81. The molecule has 0 saturated heterocycles. The minimum absolute atomic E-state index is 0.0111. The Labute approximate surface area is 72.0 Å². The van der Waals surface area contributed by atoms with E-state index in [9.17, 15) is 9.59 Å². The van der Waals surface area contributed by atoms with Crippen LogP contribution in [-0.2, 0) is 9.59 Å². The molecular formula is C10H12O2. The van der Waals surface area contributed by atoms with Crippen molar-refractivity contribution in [1.29, 1.82) is 0 Å². The van der Waals surface area contributed by atoms with Crippen LogP contribution in [0.15, 0.2) is 23.8 Å². The molecule has 12 heavy (non-hydrogen) atoms. The molecule has 0 aromatic rings. The fraction of sp³-hybridized carbons (Fsp3) is 0.400. The van der Waals surface area contributed by atoms with Crippen LogP contribution in [0.2, 0.25) is 0 Å². The van der Waals surface area contributed by atoms with Gasteiger partial charge in [0.05, 0.1) is 0 Å². The molecule has 0 aliphatic heterocycles. The average molecular weight is 164 g/mol. The van der Waals surface area contributed by atoms with Crippen LogP contribution >= 0.6 is 0 Å². The van der Waals surface area contributed by atoms with Crippen molar-refractivity contribution in [2.24, 2.45) is 0 Å². The van der Waals surface area contributed by atoms with E-state index < -0.39 is 0 Å².